The van der Waals surface area contributed by atoms with Crippen molar-refractivity contribution < 1.29 is 12.8 Å². The van der Waals surface area contributed by atoms with Crippen LogP contribution in [0.5, 0.6) is 0 Å². The van der Waals surface area contributed by atoms with Gasteiger partial charge in [0.1, 0.15) is 4.90 Å². The van der Waals surface area contributed by atoms with E-state index in [1.807, 2.05) is 0 Å². The second-order valence-corrected chi connectivity index (χ2v) is 8.28. The standard InChI is InChI=1S/C13H15Cl3FNO2S/c14-9-3-1-8(2-4-9)7-18-21(19,20)11-6-5-10(15)13(17)12(11)16/h5-6,8-9,18H,1-4,7H2. The molecule has 1 aromatic rings. The van der Waals surface area contributed by atoms with Crippen molar-refractivity contribution in [2.45, 2.75) is 36.0 Å². The predicted molar refractivity (Wildman–Crippen MR) is 83.2 cm³/mol. The largest absolute Gasteiger partial charge is 0.242 e. The Morgan fingerprint density at radius 1 is 1.19 bits per heavy atom. The Morgan fingerprint density at radius 2 is 1.81 bits per heavy atom. The molecule has 0 aliphatic heterocycles. The third kappa shape index (κ3) is 4.23. The van der Waals surface area contributed by atoms with Crippen molar-refractivity contribution in [3.05, 3.63) is 28.0 Å². The average Bonchev–Trinajstić information content (AvgIpc) is 2.44. The van der Waals surface area contributed by atoms with E-state index < -0.39 is 20.9 Å². The summed E-state index contributed by atoms with van der Waals surface area (Å²) >= 11 is 17.3. The summed E-state index contributed by atoms with van der Waals surface area (Å²) in [4.78, 5) is -0.294. The van der Waals surface area contributed by atoms with E-state index in [1.54, 1.807) is 0 Å². The van der Waals surface area contributed by atoms with Crippen molar-refractivity contribution in [1.82, 2.24) is 4.72 Å². The highest BCUT2D eigenvalue weighted by Gasteiger charge is 2.25. The molecule has 21 heavy (non-hydrogen) atoms. The zero-order chi connectivity index (χ0) is 15.6. The maximum Gasteiger partial charge on any atom is 0.242 e. The Labute approximate surface area is 138 Å². The minimum atomic E-state index is -3.86. The molecule has 0 aromatic heterocycles. The van der Waals surface area contributed by atoms with Crippen LogP contribution in [0, 0.1) is 11.7 Å². The molecule has 0 radical (unpaired) electrons. The predicted octanol–water partition coefficient (Wildman–Crippen LogP) is 4.21. The van der Waals surface area contributed by atoms with Gasteiger partial charge < -0.3 is 0 Å². The number of nitrogens with one attached hydrogen (secondary N) is 1. The summed E-state index contributed by atoms with van der Waals surface area (Å²) in [6, 6.07) is 2.38. The highest BCUT2D eigenvalue weighted by atomic mass is 35.5. The van der Waals surface area contributed by atoms with Gasteiger partial charge in [-0.2, -0.15) is 0 Å². The third-order valence-electron chi connectivity index (χ3n) is 3.63. The first-order valence-corrected chi connectivity index (χ1v) is 9.26. The number of hydrogen-bond acceptors (Lipinski definition) is 2. The fourth-order valence-electron chi connectivity index (χ4n) is 2.35. The average molecular weight is 375 g/mol. The van der Waals surface area contributed by atoms with Gasteiger partial charge in [0.25, 0.3) is 0 Å². The van der Waals surface area contributed by atoms with E-state index in [2.05, 4.69) is 4.72 Å². The molecule has 118 valence electrons. The number of halogens is 4. The summed E-state index contributed by atoms with van der Waals surface area (Å²) in [6.45, 7) is 0.298. The van der Waals surface area contributed by atoms with Gasteiger partial charge in [-0.3, -0.25) is 0 Å². The van der Waals surface area contributed by atoms with Crippen molar-refractivity contribution in [1.29, 1.82) is 0 Å². The molecule has 1 aliphatic carbocycles. The number of rotatable bonds is 4. The van der Waals surface area contributed by atoms with Crippen molar-refractivity contribution in [3.8, 4) is 0 Å². The molecule has 8 heteroatoms. The normalized spacial score (nSPS) is 23.2. The first kappa shape index (κ1) is 17.3. The van der Waals surface area contributed by atoms with Gasteiger partial charge in [-0.1, -0.05) is 23.2 Å². The Morgan fingerprint density at radius 3 is 2.43 bits per heavy atom. The van der Waals surface area contributed by atoms with E-state index in [0.29, 0.717) is 6.54 Å². The second-order valence-electron chi connectivity index (χ2n) is 5.14. The van der Waals surface area contributed by atoms with Crippen LogP contribution in [0.2, 0.25) is 10.0 Å². The molecular formula is C13H15Cl3FNO2S. The minimum absolute atomic E-state index is 0.178. The molecule has 1 aliphatic rings. The Bertz CT molecular complexity index is 616. The molecule has 0 saturated heterocycles. The van der Waals surface area contributed by atoms with Gasteiger partial charge in [0.2, 0.25) is 10.0 Å². The van der Waals surface area contributed by atoms with Crippen LogP contribution in [0.4, 0.5) is 4.39 Å². The monoisotopic (exact) mass is 373 g/mol. The van der Waals surface area contributed by atoms with Crippen LogP contribution in [-0.4, -0.2) is 20.3 Å². The molecule has 2 rings (SSSR count). The van der Waals surface area contributed by atoms with Crippen LogP contribution in [0.25, 0.3) is 0 Å². The van der Waals surface area contributed by atoms with Crippen LogP contribution < -0.4 is 4.72 Å². The number of alkyl halides is 1. The molecule has 0 unspecified atom stereocenters. The Hall–Kier alpha value is -0.0700. The minimum Gasteiger partial charge on any atom is -0.211 e. The van der Waals surface area contributed by atoms with Crippen molar-refractivity contribution in [2.75, 3.05) is 6.54 Å². The first-order chi connectivity index (χ1) is 9.81. The fourth-order valence-corrected chi connectivity index (χ4v) is 4.46. The van der Waals surface area contributed by atoms with Crippen LogP contribution in [0.15, 0.2) is 17.0 Å². The van der Waals surface area contributed by atoms with E-state index >= 15 is 0 Å². The zero-order valence-electron chi connectivity index (χ0n) is 11.1. The molecule has 0 amide bonds. The zero-order valence-corrected chi connectivity index (χ0v) is 14.2. The van der Waals surface area contributed by atoms with E-state index in [4.69, 9.17) is 34.8 Å². The maximum atomic E-state index is 13.6. The molecule has 0 heterocycles. The Kier molecular flexibility index (Phi) is 5.77. The molecule has 3 nitrogen and oxygen atoms in total. The lowest BCUT2D eigenvalue weighted by molar-refractivity contribution is 0.361. The maximum absolute atomic E-state index is 13.6. The summed E-state index contributed by atoms with van der Waals surface area (Å²) in [7, 11) is -3.86. The first-order valence-electron chi connectivity index (χ1n) is 6.58. The molecule has 0 spiro atoms. The van der Waals surface area contributed by atoms with Crippen molar-refractivity contribution in [2.24, 2.45) is 5.92 Å². The lowest BCUT2D eigenvalue weighted by atomic mass is 9.89. The number of benzene rings is 1. The highest BCUT2D eigenvalue weighted by Crippen LogP contribution is 2.30. The van der Waals surface area contributed by atoms with E-state index in [9.17, 15) is 12.8 Å². The topological polar surface area (TPSA) is 46.2 Å². The smallest absolute Gasteiger partial charge is 0.211 e. The Balaban J connectivity index is 2.07. The molecule has 0 atom stereocenters. The van der Waals surface area contributed by atoms with Gasteiger partial charge in [0, 0.05) is 11.9 Å². The highest BCUT2D eigenvalue weighted by molar-refractivity contribution is 7.89. The SMILES string of the molecule is O=S(=O)(NCC1CCC(Cl)CC1)c1ccc(Cl)c(F)c1Cl. The molecule has 1 N–H and O–H groups in total. The van der Waals surface area contributed by atoms with Gasteiger partial charge >= 0.3 is 0 Å². The summed E-state index contributed by atoms with van der Waals surface area (Å²) < 4.78 is 40.5. The van der Waals surface area contributed by atoms with Gasteiger partial charge in [0.15, 0.2) is 5.82 Å². The van der Waals surface area contributed by atoms with Crippen LogP contribution in [0.1, 0.15) is 25.7 Å². The van der Waals surface area contributed by atoms with Crippen LogP contribution in [-0.2, 0) is 10.0 Å². The molecule has 1 aromatic carbocycles. The summed E-state index contributed by atoms with van der Waals surface area (Å²) in [5, 5.41) is -0.517. The van der Waals surface area contributed by atoms with Crippen molar-refractivity contribution in [3.63, 3.8) is 0 Å². The lowest BCUT2D eigenvalue weighted by Gasteiger charge is -2.25. The third-order valence-corrected chi connectivity index (χ3v) is 6.30. The fraction of sp³-hybridized carbons (Fsp3) is 0.538. The van der Waals surface area contributed by atoms with Crippen molar-refractivity contribution >= 4 is 44.8 Å². The van der Waals surface area contributed by atoms with E-state index in [0.717, 1.165) is 25.7 Å². The van der Waals surface area contributed by atoms with Crippen LogP contribution >= 0.6 is 34.8 Å². The molecular weight excluding hydrogens is 360 g/mol. The van der Waals surface area contributed by atoms with Gasteiger partial charge in [0.05, 0.1) is 10.0 Å². The van der Waals surface area contributed by atoms with E-state index in [-0.39, 0.29) is 21.2 Å². The molecule has 0 bridgehead atoms. The van der Waals surface area contributed by atoms with E-state index in [1.165, 1.54) is 12.1 Å². The second kappa shape index (κ2) is 7.01. The van der Waals surface area contributed by atoms with Gasteiger partial charge in [-0.25, -0.2) is 17.5 Å². The number of hydrogen-bond donors (Lipinski definition) is 1. The lowest BCUT2D eigenvalue weighted by Crippen LogP contribution is -2.31. The molecule has 1 fully saturated rings. The van der Waals surface area contributed by atoms with Gasteiger partial charge in [-0.05, 0) is 43.7 Å². The number of sulfonamides is 1. The molecule has 1 saturated carbocycles. The summed E-state index contributed by atoms with van der Waals surface area (Å²) in [5.74, 6) is -0.686. The summed E-state index contributed by atoms with van der Waals surface area (Å²) in [5.41, 5.74) is 0. The quantitative estimate of drug-likeness (QED) is 0.634. The van der Waals surface area contributed by atoms with Gasteiger partial charge in [-0.15, -0.1) is 11.6 Å². The summed E-state index contributed by atoms with van der Waals surface area (Å²) in [6.07, 6.45) is 3.51. The van der Waals surface area contributed by atoms with Crippen LogP contribution in [0.3, 0.4) is 0 Å².